The van der Waals surface area contributed by atoms with Gasteiger partial charge in [-0.15, -0.1) is 0 Å². The highest BCUT2D eigenvalue weighted by Gasteiger charge is 2.36. The number of aromatic nitrogens is 2. The van der Waals surface area contributed by atoms with Crippen molar-refractivity contribution in [3.63, 3.8) is 0 Å². The molecule has 0 atom stereocenters. The maximum Gasteiger partial charge on any atom is 0.266 e. The van der Waals surface area contributed by atoms with Crippen molar-refractivity contribution in [1.29, 1.82) is 0 Å². The number of ether oxygens (including phenoxy) is 1. The number of hydrogen-bond donors (Lipinski definition) is 1. The van der Waals surface area contributed by atoms with Gasteiger partial charge >= 0.3 is 0 Å². The first-order valence-corrected chi connectivity index (χ1v) is 12.2. The number of hydrogen-bond acceptors (Lipinski definition) is 5. The summed E-state index contributed by atoms with van der Waals surface area (Å²) < 4.78 is 7.18. The molecule has 34 heavy (non-hydrogen) atoms. The average molecular weight is 494 g/mol. The second kappa shape index (κ2) is 9.25. The van der Waals surface area contributed by atoms with Gasteiger partial charge in [-0.1, -0.05) is 35.1 Å². The number of nitrogens with zero attached hydrogens (tertiary/aromatic N) is 3. The first-order chi connectivity index (χ1) is 16.5. The highest BCUT2D eigenvalue weighted by atomic mass is 35.5. The fourth-order valence-electron chi connectivity index (χ4n) is 4.24. The molecule has 0 spiro atoms. The molecule has 0 aliphatic carbocycles. The second-order valence-corrected chi connectivity index (χ2v) is 9.74. The van der Waals surface area contributed by atoms with Gasteiger partial charge in [-0.05, 0) is 66.9 Å². The number of rotatable bonds is 5. The van der Waals surface area contributed by atoms with E-state index in [0.717, 1.165) is 22.0 Å². The van der Waals surface area contributed by atoms with Crippen LogP contribution in [-0.2, 0) is 5.60 Å². The van der Waals surface area contributed by atoms with Crippen LogP contribution in [0.2, 0.25) is 5.02 Å². The number of thiazole rings is 1. The largest absolute Gasteiger partial charge is 0.497 e. The quantitative estimate of drug-likeness (QED) is 0.405. The van der Waals surface area contributed by atoms with Gasteiger partial charge in [-0.25, -0.2) is 4.98 Å². The highest BCUT2D eigenvalue weighted by Crippen LogP contribution is 2.36. The molecule has 5 rings (SSSR count). The van der Waals surface area contributed by atoms with Gasteiger partial charge in [0, 0.05) is 36.1 Å². The molecular formula is C26H24ClN3O3S. The van der Waals surface area contributed by atoms with E-state index in [0.29, 0.717) is 41.5 Å². The number of carbonyl (C=O) groups is 1. The molecule has 0 saturated carbocycles. The van der Waals surface area contributed by atoms with E-state index in [4.69, 9.17) is 21.3 Å². The smallest absolute Gasteiger partial charge is 0.266 e. The summed E-state index contributed by atoms with van der Waals surface area (Å²) in [5, 5.41) is 12.6. The SMILES string of the molecule is COc1ccc(-c2nc(-n3cccc3)sc2C(=O)N2CCC(O)(c3ccc(Cl)cc3)CC2)cc1. The Labute approximate surface area is 207 Å². The van der Waals surface area contributed by atoms with Gasteiger partial charge in [-0.3, -0.25) is 4.79 Å². The molecule has 1 aliphatic rings. The normalized spacial score (nSPS) is 15.3. The summed E-state index contributed by atoms with van der Waals surface area (Å²) in [6.45, 7) is 0.910. The van der Waals surface area contributed by atoms with Crippen LogP contribution >= 0.6 is 22.9 Å². The molecule has 0 unspecified atom stereocenters. The maximum absolute atomic E-state index is 13.7. The summed E-state index contributed by atoms with van der Waals surface area (Å²) in [5.41, 5.74) is 1.37. The highest BCUT2D eigenvalue weighted by molar-refractivity contribution is 7.16. The monoisotopic (exact) mass is 493 g/mol. The summed E-state index contributed by atoms with van der Waals surface area (Å²) in [6, 6.07) is 18.7. The predicted molar refractivity (Wildman–Crippen MR) is 134 cm³/mol. The van der Waals surface area contributed by atoms with E-state index in [1.807, 2.05) is 70.4 Å². The Morgan fingerprint density at radius 2 is 1.71 bits per heavy atom. The van der Waals surface area contributed by atoms with Crippen LogP contribution in [0.15, 0.2) is 73.1 Å². The molecule has 0 radical (unpaired) electrons. The molecule has 1 amide bonds. The molecule has 8 heteroatoms. The van der Waals surface area contributed by atoms with E-state index in [9.17, 15) is 9.90 Å². The third kappa shape index (κ3) is 4.34. The molecule has 1 saturated heterocycles. The minimum Gasteiger partial charge on any atom is -0.497 e. The van der Waals surface area contributed by atoms with Gasteiger partial charge in [0.05, 0.1) is 18.4 Å². The van der Waals surface area contributed by atoms with Gasteiger partial charge in [0.1, 0.15) is 10.6 Å². The topological polar surface area (TPSA) is 67.6 Å². The molecule has 2 aromatic heterocycles. The lowest BCUT2D eigenvalue weighted by Crippen LogP contribution is -2.45. The van der Waals surface area contributed by atoms with Crippen LogP contribution in [0, 0.1) is 0 Å². The summed E-state index contributed by atoms with van der Waals surface area (Å²) in [7, 11) is 1.62. The zero-order valence-electron chi connectivity index (χ0n) is 18.6. The summed E-state index contributed by atoms with van der Waals surface area (Å²) in [4.78, 5) is 20.9. The first-order valence-electron chi connectivity index (χ1n) is 11.0. The molecule has 6 nitrogen and oxygen atoms in total. The minimum absolute atomic E-state index is 0.0696. The van der Waals surface area contributed by atoms with Gasteiger partial charge in [0.2, 0.25) is 0 Å². The van der Waals surface area contributed by atoms with E-state index in [1.54, 1.807) is 19.2 Å². The molecule has 174 valence electrons. The number of benzene rings is 2. The molecule has 2 aromatic carbocycles. The minimum atomic E-state index is -0.968. The number of amides is 1. The summed E-state index contributed by atoms with van der Waals surface area (Å²) in [5.74, 6) is 0.676. The Morgan fingerprint density at radius 3 is 2.32 bits per heavy atom. The van der Waals surface area contributed by atoms with Crippen molar-refractivity contribution >= 4 is 28.8 Å². The van der Waals surface area contributed by atoms with Crippen molar-refractivity contribution in [3.05, 3.63) is 88.5 Å². The van der Waals surface area contributed by atoms with Gasteiger partial charge < -0.3 is 19.3 Å². The standard InChI is InChI=1S/C26H24ClN3O3S/c1-33-21-10-4-18(5-11-21)22-23(34-25(28-22)30-14-2-3-15-30)24(31)29-16-12-26(32,13-17-29)19-6-8-20(27)9-7-19/h2-11,14-15,32H,12-13,16-17H2,1H3. The van der Waals surface area contributed by atoms with Crippen molar-refractivity contribution in [2.24, 2.45) is 0 Å². The number of methoxy groups -OCH3 is 1. The maximum atomic E-state index is 13.7. The van der Waals surface area contributed by atoms with E-state index < -0.39 is 5.60 Å². The van der Waals surface area contributed by atoms with Crippen LogP contribution in [0.4, 0.5) is 0 Å². The number of aliphatic hydroxyl groups is 1. The average Bonchev–Trinajstić information content (AvgIpc) is 3.55. The third-order valence-electron chi connectivity index (χ3n) is 6.26. The van der Waals surface area contributed by atoms with E-state index >= 15 is 0 Å². The number of likely N-dealkylation sites (tertiary alicyclic amines) is 1. The van der Waals surface area contributed by atoms with Crippen molar-refractivity contribution in [2.75, 3.05) is 20.2 Å². The van der Waals surface area contributed by atoms with Crippen LogP contribution in [0.25, 0.3) is 16.4 Å². The van der Waals surface area contributed by atoms with E-state index in [2.05, 4.69) is 0 Å². The number of carbonyl (C=O) groups excluding carboxylic acids is 1. The summed E-state index contributed by atoms with van der Waals surface area (Å²) in [6.07, 6.45) is 4.75. The van der Waals surface area contributed by atoms with Crippen LogP contribution < -0.4 is 4.74 Å². The Hall–Kier alpha value is -3.13. The fraction of sp³-hybridized carbons (Fsp3) is 0.231. The van der Waals surface area contributed by atoms with Crippen molar-refractivity contribution in [1.82, 2.24) is 14.5 Å². The molecular weight excluding hydrogens is 470 g/mol. The molecule has 1 aliphatic heterocycles. The second-order valence-electron chi connectivity index (χ2n) is 8.32. The Kier molecular flexibility index (Phi) is 6.16. The summed E-state index contributed by atoms with van der Waals surface area (Å²) >= 11 is 7.38. The lowest BCUT2D eigenvalue weighted by atomic mass is 9.84. The zero-order valence-corrected chi connectivity index (χ0v) is 20.2. The lowest BCUT2D eigenvalue weighted by molar-refractivity contribution is -0.0210. The molecule has 3 heterocycles. The van der Waals surface area contributed by atoms with Gasteiger partial charge in [-0.2, -0.15) is 0 Å². The van der Waals surface area contributed by atoms with E-state index in [1.165, 1.54) is 11.3 Å². The molecule has 1 N–H and O–H groups in total. The van der Waals surface area contributed by atoms with Crippen LogP contribution in [-0.4, -0.2) is 45.7 Å². The van der Waals surface area contributed by atoms with Gasteiger partial charge in [0.15, 0.2) is 5.13 Å². The van der Waals surface area contributed by atoms with Crippen LogP contribution in [0.5, 0.6) is 5.75 Å². The molecule has 4 aromatic rings. The van der Waals surface area contributed by atoms with Crippen LogP contribution in [0.1, 0.15) is 28.1 Å². The lowest BCUT2D eigenvalue weighted by Gasteiger charge is -2.38. The number of halogens is 1. The zero-order chi connectivity index (χ0) is 23.7. The first kappa shape index (κ1) is 22.7. The van der Waals surface area contributed by atoms with Gasteiger partial charge in [0.25, 0.3) is 5.91 Å². The Balaban J connectivity index is 1.42. The van der Waals surface area contributed by atoms with E-state index in [-0.39, 0.29) is 5.91 Å². The molecule has 0 bridgehead atoms. The third-order valence-corrected chi connectivity index (χ3v) is 7.57. The van der Waals surface area contributed by atoms with Crippen LogP contribution in [0.3, 0.4) is 0 Å². The van der Waals surface area contributed by atoms with Crippen molar-refractivity contribution < 1.29 is 14.6 Å². The predicted octanol–water partition coefficient (Wildman–Crippen LogP) is 5.39. The Morgan fingerprint density at radius 1 is 1.06 bits per heavy atom. The fourth-order valence-corrected chi connectivity index (χ4v) is 5.39. The van der Waals surface area contributed by atoms with Crippen molar-refractivity contribution in [3.8, 4) is 22.1 Å². The van der Waals surface area contributed by atoms with Crippen molar-refractivity contribution in [2.45, 2.75) is 18.4 Å². The number of piperidine rings is 1. The molecule has 1 fully saturated rings. The Bertz CT molecular complexity index is 1280.